The van der Waals surface area contributed by atoms with Gasteiger partial charge in [0.15, 0.2) is 11.5 Å². The van der Waals surface area contributed by atoms with Gasteiger partial charge in [-0.2, -0.15) is 0 Å². The highest BCUT2D eigenvalue weighted by molar-refractivity contribution is 14.1. The van der Waals surface area contributed by atoms with Gasteiger partial charge >= 0.3 is 0 Å². The molecule has 0 saturated carbocycles. The Kier molecular flexibility index (Phi) is 7.01. The normalized spacial score (nSPS) is 19.0. The number of fused-ring (bicyclic) bond motifs is 1. The Bertz CT molecular complexity index is 968. The lowest BCUT2D eigenvalue weighted by Gasteiger charge is -2.22. The van der Waals surface area contributed by atoms with Gasteiger partial charge in [0, 0.05) is 23.2 Å². The molecular formula is C21H25IN2O5S. The number of para-hydroxylation sites is 1. The van der Waals surface area contributed by atoms with E-state index < -0.39 is 10.0 Å². The number of hydrogen-bond donors (Lipinski definition) is 1. The summed E-state index contributed by atoms with van der Waals surface area (Å²) in [6, 6.07) is 12.5. The van der Waals surface area contributed by atoms with E-state index in [1.165, 1.54) is 0 Å². The Labute approximate surface area is 190 Å². The molecule has 0 amide bonds. The fraction of sp³-hybridized carbons (Fsp3) is 0.429. The molecule has 0 aromatic heterocycles. The molecule has 162 valence electrons. The maximum absolute atomic E-state index is 12.5. The highest BCUT2D eigenvalue weighted by atomic mass is 127. The van der Waals surface area contributed by atoms with Crippen LogP contribution in [0.15, 0.2) is 47.4 Å². The first-order valence-electron chi connectivity index (χ1n) is 10.0. The van der Waals surface area contributed by atoms with Gasteiger partial charge in [-0.05, 0) is 77.9 Å². The van der Waals surface area contributed by atoms with Crippen molar-refractivity contribution in [2.24, 2.45) is 5.92 Å². The maximum Gasteiger partial charge on any atom is 0.240 e. The van der Waals surface area contributed by atoms with Crippen LogP contribution >= 0.6 is 22.6 Å². The number of rotatable bonds is 8. The fourth-order valence-electron chi connectivity index (χ4n) is 3.65. The number of halogens is 1. The molecule has 1 fully saturated rings. The largest absolute Gasteiger partial charge is 0.488 e. The molecule has 0 bridgehead atoms. The molecule has 9 heteroatoms. The standard InChI is InChI=1S/C21H25IN2O5S/c22-17-4-6-18(7-5-17)30(25,26)23-14-16-8-9-24(15-16)10-11-27-19-2-1-3-20-21(19)29-13-12-28-20/h1-7,16,23H,8-15H2. The number of nitrogens with zero attached hydrogens (tertiary/aromatic N) is 1. The average Bonchev–Trinajstić information content (AvgIpc) is 3.21. The number of ether oxygens (including phenoxy) is 3. The third-order valence-corrected chi connectivity index (χ3v) is 7.41. The van der Waals surface area contributed by atoms with Crippen molar-refractivity contribution in [2.75, 3.05) is 46.0 Å². The topological polar surface area (TPSA) is 77.1 Å². The van der Waals surface area contributed by atoms with Gasteiger partial charge in [-0.25, -0.2) is 13.1 Å². The SMILES string of the molecule is O=S(=O)(NCC1CCN(CCOc2cccc3c2OCCO3)C1)c1ccc(I)cc1. The summed E-state index contributed by atoms with van der Waals surface area (Å²) >= 11 is 2.16. The molecule has 0 radical (unpaired) electrons. The molecular weight excluding hydrogens is 519 g/mol. The van der Waals surface area contributed by atoms with Crippen LogP contribution in [0, 0.1) is 9.49 Å². The molecule has 2 aromatic carbocycles. The van der Waals surface area contributed by atoms with E-state index in [4.69, 9.17) is 14.2 Å². The first-order valence-corrected chi connectivity index (χ1v) is 12.6. The summed E-state index contributed by atoms with van der Waals surface area (Å²) in [5, 5.41) is 0. The predicted octanol–water partition coefficient (Wildman–Crippen LogP) is 2.74. The molecule has 2 aliphatic rings. The first kappa shape index (κ1) is 21.7. The zero-order valence-corrected chi connectivity index (χ0v) is 19.5. The van der Waals surface area contributed by atoms with E-state index in [9.17, 15) is 8.42 Å². The monoisotopic (exact) mass is 544 g/mol. The van der Waals surface area contributed by atoms with Gasteiger partial charge < -0.3 is 14.2 Å². The van der Waals surface area contributed by atoms with E-state index in [0.29, 0.717) is 48.7 Å². The molecule has 7 nitrogen and oxygen atoms in total. The van der Waals surface area contributed by atoms with Crippen LogP contribution in [0.4, 0.5) is 0 Å². The van der Waals surface area contributed by atoms with E-state index in [1.54, 1.807) is 24.3 Å². The van der Waals surface area contributed by atoms with E-state index in [-0.39, 0.29) is 0 Å². The van der Waals surface area contributed by atoms with Gasteiger partial charge in [0.1, 0.15) is 19.8 Å². The lowest BCUT2D eigenvalue weighted by atomic mass is 10.1. The third-order valence-electron chi connectivity index (χ3n) is 5.25. The summed E-state index contributed by atoms with van der Waals surface area (Å²) in [5.41, 5.74) is 0. The number of nitrogens with one attached hydrogen (secondary N) is 1. The Hall–Kier alpha value is -1.56. The lowest BCUT2D eigenvalue weighted by molar-refractivity contribution is 0.158. The van der Waals surface area contributed by atoms with Crippen LogP contribution < -0.4 is 18.9 Å². The second-order valence-corrected chi connectivity index (χ2v) is 10.4. The second kappa shape index (κ2) is 9.71. The molecule has 2 heterocycles. The van der Waals surface area contributed by atoms with Crippen LogP contribution in [0.2, 0.25) is 0 Å². The summed E-state index contributed by atoms with van der Waals surface area (Å²) < 4.78 is 45.9. The van der Waals surface area contributed by atoms with E-state index in [0.717, 1.165) is 35.4 Å². The van der Waals surface area contributed by atoms with Crippen LogP contribution in [0.25, 0.3) is 0 Å². The van der Waals surface area contributed by atoms with Gasteiger partial charge in [-0.1, -0.05) is 6.07 Å². The minimum Gasteiger partial charge on any atom is -0.488 e. The quantitative estimate of drug-likeness (QED) is 0.516. The van der Waals surface area contributed by atoms with Crippen molar-refractivity contribution >= 4 is 32.6 Å². The third kappa shape index (κ3) is 5.37. The smallest absolute Gasteiger partial charge is 0.240 e. The van der Waals surface area contributed by atoms with Crippen LogP contribution in [-0.2, 0) is 10.0 Å². The summed E-state index contributed by atoms with van der Waals surface area (Å²) in [6.07, 6.45) is 0.965. The van der Waals surface area contributed by atoms with Crippen molar-refractivity contribution < 1.29 is 22.6 Å². The fourth-order valence-corrected chi connectivity index (χ4v) is 5.13. The Morgan fingerprint density at radius 3 is 2.77 bits per heavy atom. The predicted molar refractivity (Wildman–Crippen MR) is 122 cm³/mol. The van der Waals surface area contributed by atoms with Gasteiger partial charge in [0.05, 0.1) is 4.90 Å². The Morgan fingerprint density at radius 1 is 1.13 bits per heavy atom. The maximum atomic E-state index is 12.5. The molecule has 1 N–H and O–H groups in total. The minimum absolute atomic E-state index is 0.296. The zero-order chi connectivity index (χ0) is 21.0. The highest BCUT2D eigenvalue weighted by Crippen LogP contribution is 2.38. The Morgan fingerprint density at radius 2 is 1.93 bits per heavy atom. The summed E-state index contributed by atoms with van der Waals surface area (Å²) in [5.74, 6) is 2.39. The van der Waals surface area contributed by atoms with Crippen LogP contribution in [0.1, 0.15) is 6.42 Å². The molecule has 30 heavy (non-hydrogen) atoms. The molecule has 2 aromatic rings. The van der Waals surface area contributed by atoms with Gasteiger partial charge in [-0.3, -0.25) is 4.90 Å². The lowest BCUT2D eigenvalue weighted by Crippen LogP contribution is -2.32. The molecule has 0 aliphatic carbocycles. The van der Waals surface area contributed by atoms with Crippen LogP contribution in [0.3, 0.4) is 0 Å². The van der Waals surface area contributed by atoms with E-state index >= 15 is 0 Å². The molecule has 1 saturated heterocycles. The van der Waals surface area contributed by atoms with E-state index in [1.807, 2.05) is 18.2 Å². The van der Waals surface area contributed by atoms with Crippen LogP contribution in [-0.4, -0.2) is 59.3 Å². The van der Waals surface area contributed by atoms with Crippen molar-refractivity contribution in [1.29, 1.82) is 0 Å². The van der Waals surface area contributed by atoms with Gasteiger partial charge in [-0.15, -0.1) is 0 Å². The minimum atomic E-state index is -3.47. The Balaban J connectivity index is 1.22. The van der Waals surface area contributed by atoms with E-state index in [2.05, 4.69) is 32.2 Å². The molecule has 2 aliphatic heterocycles. The zero-order valence-electron chi connectivity index (χ0n) is 16.6. The van der Waals surface area contributed by atoms with Crippen LogP contribution in [0.5, 0.6) is 17.2 Å². The number of likely N-dealkylation sites (tertiary alicyclic amines) is 1. The summed E-state index contributed by atoms with van der Waals surface area (Å²) in [4.78, 5) is 2.61. The van der Waals surface area contributed by atoms with Crippen molar-refractivity contribution in [3.8, 4) is 17.2 Å². The summed E-state index contributed by atoms with van der Waals surface area (Å²) in [7, 11) is -3.47. The number of sulfonamides is 1. The summed E-state index contributed by atoms with van der Waals surface area (Å²) in [6.45, 7) is 4.64. The first-order chi connectivity index (χ1) is 14.5. The molecule has 1 unspecified atom stereocenters. The van der Waals surface area contributed by atoms with Crippen molar-refractivity contribution in [3.63, 3.8) is 0 Å². The molecule has 0 spiro atoms. The average molecular weight is 544 g/mol. The van der Waals surface area contributed by atoms with Crippen molar-refractivity contribution in [2.45, 2.75) is 11.3 Å². The second-order valence-electron chi connectivity index (χ2n) is 7.39. The van der Waals surface area contributed by atoms with Gasteiger partial charge in [0.25, 0.3) is 0 Å². The highest BCUT2D eigenvalue weighted by Gasteiger charge is 2.25. The number of benzene rings is 2. The van der Waals surface area contributed by atoms with Gasteiger partial charge in [0.2, 0.25) is 15.8 Å². The van der Waals surface area contributed by atoms with Crippen molar-refractivity contribution in [1.82, 2.24) is 9.62 Å². The molecule has 4 rings (SSSR count). The number of hydrogen-bond acceptors (Lipinski definition) is 6. The van der Waals surface area contributed by atoms with Crippen molar-refractivity contribution in [3.05, 3.63) is 46.0 Å². The molecule has 1 atom stereocenters.